The molecule has 1 aromatic rings. The van der Waals surface area contributed by atoms with Gasteiger partial charge >= 0.3 is 0 Å². The largest absolute Gasteiger partial charge is 0.297 e. The monoisotopic (exact) mass is 292 g/mol. The van der Waals surface area contributed by atoms with Crippen molar-refractivity contribution in [1.29, 1.82) is 0 Å². The second kappa shape index (κ2) is 5.82. The molecule has 7 heteroatoms. The molecular formula is C14H13FN2O4. The number of hydrogen-bond donors (Lipinski definition) is 1. The molecule has 0 aromatic heterocycles. The van der Waals surface area contributed by atoms with Crippen LogP contribution in [-0.2, 0) is 9.59 Å². The average Bonchev–Trinajstić information content (AvgIpc) is 2.70. The van der Waals surface area contributed by atoms with Crippen molar-refractivity contribution >= 4 is 24.1 Å². The van der Waals surface area contributed by atoms with Crippen molar-refractivity contribution in [2.45, 2.75) is 25.8 Å². The number of nitrogens with zero attached hydrogens (tertiary/aromatic N) is 1. The SMILES string of the molecule is CCCC(C(=O)NC=O)N1C(=O)c2cccc(F)c2C1=O. The van der Waals surface area contributed by atoms with Crippen LogP contribution in [0, 0.1) is 5.82 Å². The van der Waals surface area contributed by atoms with Crippen LogP contribution in [0.2, 0.25) is 0 Å². The van der Waals surface area contributed by atoms with E-state index in [4.69, 9.17) is 0 Å². The molecule has 1 aromatic carbocycles. The van der Waals surface area contributed by atoms with E-state index < -0.39 is 29.6 Å². The minimum absolute atomic E-state index is 0.0694. The minimum atomic E-state index is -1.13. The second-order valence-corrected chi connectivity index (χ2v) is 4.57. The van der Waals surface area contributed by atoms with Crippen molar-refractivity contribution < 1.29 is 23.6 Å². The van der Waals surface area contributed by atoms with Gasteiger partial charge in [0.1, 0.15) is 11.9 Å². The summed E-state index contributed by atoms with van der Waals surface area (Å²) in [5.41, 5.74) is -0.400. The molecule has 2 rings (SSSR count). The molecule has 0 saturated carbocycles. The fourth-order valence-electron chi connectivity index (χ4n) is 2.35. The summed E-state index contributed by atoms with van der Waals surface area (Å²) in [5.74, 6) is -3.15. The molecule has 0 aliphatic carbocycles. The van der Waals surface area contributed by atoms with E-state index in [2.05, 4.69) is 0 Å². The van der Waals surface area contributed by atoms with Crippen molar-refractivity contribution in [2.24, 2.45) is 0 Å². The van der Waals surface area contributed by atoms with Gasteiger partial charge in [0.05, 0.1) is 11.1 Å². The van der Waals surface area contributed by atoms with Crippen LogP contribution in [0.4, 0.5) is 4.39 Å². The van der Waals surface area contributed by atoms with Crippen LogP contribution in [0.1, 0.15) is 40.5 Å². The van der Waals surface area contributed by atoms with Gasteiger partial charge in [0.2, 0.25) is 12.3 Å². The van der Waals surface area contributed by atoms with Crippen molar-refractivity contribution in [1.82, 2.24) is 10.2 Å². The second-order valence-electron chi connectivity index (χ2n) is 4.57. The predicted molar refractivity (Wildman–Crippen MR) is 69.8 cm³/mol. The van der Waals surface area contributed by atoms with Gasteiger partial charge in [-0.15, -0.1) is 0 Å². The smallest absolute Gasteiger partial charge is 0.265 e. The first-order chi connectivity index (χ1) is 10.0. The van der Waals surface area contributed by atoms with Crippen LogP contribution in [0.3, 0.4) is 0 Å². The van der Waals surface area contributed by atoms with Crippen molar-refractivity contribution in [3.8, 4) is 0 Å². The molecule has 0 bridgehead atoms. The normalized spacial score (nSPS) is 14.9. The van der Waals surface area contributed by atoms with Gasteiger partial charge in [-0.25, -0.2) is 4.39 Å². The van der Waals surface area contributed by atoms with Crippen molar-refractivity contribution in [3.63, 3.8) is 0 Å². The molecule has 110 valence electrons. The molecule has 0 spiro atoms. The van der Waals surface area contributed by atoms with Gasteiger partial charge in [-0.2, -0.15) is 0 Å². The molecular weight excluding hydrogens is 279 g/mol. The van der Waals surface area contributed by atoms with Gasteiger partial charge in [-0.05, 0) is 18.6 Å². The summed E-state index contributed by atoms with van der Waals surface area (Å²) in [6.45, 7) is 1.76. The van der Waals surface area contributed by atoms with E-state index in [1.165, 1.54) is 12.1 Å². The van der Waals surface area contributed by atoms with Crippen LogP contribution in [0.25, 0.3) is 0 Å². The van der Waals surface area contributed by atoms with E-state index in [0.29, 0.717) is 6.42 Å². The molecule has 1 aliphatic heterocycles. The Balaban J connectivity index is 2.43. The number of carbonyl (C=O) groups excluding carboxylic acids is 4. The molecule has 1 unspecified atom stereocenters. The number of fused-ring (bicyclic) bond motifs is 1. The lowest BCUT2D eigenvalue weighted by molar-refractivity contribution is -0.128. The molecule has 0 radical (unpaired) electrons. The van der Waals surface area contributed by atoms with Gasteiger partial charge in [0, 0.05) is 0 Å². The number of rotatable bonds is 5. The van der Waals surface area contributed by atoms with E-state index in [1.54, 1.807) is 6.92 Å². The predicted octanol–water partition coefficient (Wildman–Crippen LogP) is 0.863. The fraction of sp³-hybridized carbons (Fsp3) is 0.286. The van der Waals surface area contributed by atoms with E-state index in [1.807, 2.05) is 5.32 Å². The summed E-state index contributed by atoms with van der Waals surface area (Å²) in [6.07, 6.45) is 0.878. The molecule has 1 heterocycles. The highest BCUT2D eigenvalue weighted by molar-refractivity contribution is 6.23. The topological polar surface area (TPSA) is 83.6 Å². The third-order valence-electron chi connectivity index (χ3n) is 3.27. The van der Waals surface area contributed by atoms with Crippen molar-refractivity contribution in [2.75, 3.05) is 0 Å². The molecule has 1 aliphatic rings. The maximum absolute atomic E-state index is 13.7. The zero-order valence-corrected chi connectivity index (χ0v) is 11.3. The van der Waals surface area contributed by atoms with Crippen LogP contribution >= 0.6 is 0 Å². The summed E-state index contributed by atoms with van der Waals surface area (Å²) in [6, 6.07) is 2.60. The highest BCUT2D eigenvalue weighted by Crippen LogP contribution is 2.28. The summed E-state index contributed by atoms with van der Waals surface area (Å²) in [4.78, 5) is 47.5. The number of nitrogens with one attached hydrogen (secondary N) is 1. The molecule has 1 atom stereocenters. The van der Waals surface area contributed by atoms with E-state index >= 15 is 0 Å². The molecule has 0 saturated heterocycles. The lowest BCUT2D eigenvalue weighted by atomic mass is 10.1. The highest BCUT2D eigenvalue weighted by Gasteiger charge is 2.43. The molecule has 21 heavy (non-hydrogen) atoms. The van der Waals surface area contributed by atoms with Crippen LogP contribution in [0.15, 0.2) is 18.2 Å². The quantitative estimate of drug-likeness (QED) is 0.644. The number of amides is 4. The van der Waals surface area contributed by atoms with Gasteiger partial charge in [-0.3, -0.25) is 29.4 Å². The first-order valence-electron chi connectivity index (χ1n) is 6.43. The Labute approximate surface area is 119 Å². The molecule has 1 N–H and O–H groups in total. The van der Waals surface area contributed by atoms with Crippen LogP contribution < -0.4 is 5.32 Å². The third-order valence-corrected chi connectivity index (χ3v) is 3.27. The molecule has 0 fully saturated rings. The van der Waals surface area contributed by atoms with E-state index in [0.717, 1.165) is 11.0 Å². The van der Waals surface area contributed by atoms with E-state index in [-0.39, 0.29) is 24.0 Å². The molecule has 6 nitrogen and oxygen atoms in total. The number of benzene rings is 1. The Morgan fingerprint density at radius 1 is 1.38 bits per heavy atom. The first-order valence-corrected chi connectivity index (χ1v) is 6.43. The summed E-state index contributed by atoms with van der Waals surface area (Å²) in [7, 11) is 0. The van der Waals surface area contributed by atoms with Gasteiger partial charge in [0.25, 0.3) is 11.8 Å². The maximum atomic E-state index is 13.7. The Kier molecular flexibility index (Phi) is 4.11. The zero-order valence-electron chi connectivity index (χ0n) is 11.3. The summed E-state index contributed by atoms with van der Waals surface area (Å²) in [5, 5.41) is 1.93. The lowest BCUT2D eigenvalue weighted by Crippen LogP contribution is -2.49. The third kappa shape index (κ3) is 2.42. The highest BCUT2D eigenvalue weighted by atomic mass is 19.1. The zero-order chi connectivity index (χ0) is 15.6. The minimum Gasteiger partial charge on any atom is -0.297 e. The Morgan fingerprint density at radius 2 is 2.10 bits per heavy atom. The Morgan fingerprint density at radius 3 is 2.67 bits per heavy atom. The summed E-state index contributed by atoms with van der Waals surface area (Å²) >= 11 is 0. The van der Waals surface area contributed by atoms with Gasteiger partial charge in [-0.1, -0.05) is 19.4 Å². The fourth-order valence-corrected chi connectivity index (χ4v) is 2.35. The summed E-state index contributed by atoms with van der Waals surface area (Å²) < 4.78 is 13.7. The van der Waals surface area contributed by atoms with Gasteiger partial charge < -0.3 is 0 Å². The number of imide groups is 2. The van der Waals surface area contributed by atoms with Crippen molar-refractivity contribution in [3.05, 3.63) is 35.1 Å². The number of halogens is 1. The van der Waals surface area contributed by atoms with Gasteiger partial charge in [0.15, 0.2) is 0 Å². The number of carbonyl (C=O) groups is 4. The van der Waals surface area contributed by atoms with E-state index in [9.17, 15) is 23.6 Å². The number of hydrogen-bond acceptors (Lipinski definition) is 4. The van der Waals surface area contributed by atoms with Crippen LogP contribution in [0.5, 0.6) is 0 Å². The Hall–Kier alpha value is -2.57. The Bertz CT molecular complexity index is 629. The lowest BCUT2D eigenvalue weighted by Gasteiger charge is -2.23. The molecule has 4 amide bonds. The first kappa shape index (κ1) is 14.8. The van der Waals surface area contributed by atoms with Crippen LogP contribution in [-0.4, -0.2) is 35.1 Å². The average molecular weight is 292 g/mol. The maximum Gasteiger partial charge on any atom is 0.265 e. The standard InChI is InChI=1S/C14H13FN2O4/c1-2-4-10(12(19)16-7-18)17-13(20)8-5-3-6-9(15)11(8)14(17)21/h3,5-7,10H,2,4H2,1H3,(H,16,18,19).